The van der Waals surface area contributed by atoms with Crippen LogP contribution in [0, 0.1) is 5.41 Å². The van der Waals surface area contributed by atoms with E-state index in [0.29, 0.717) is 32.5 Å². The minimum absolute atomic E-state index is 0.0797. The standard InChI is InChI=1S/C9H20N4O4S2/c1-18(14,15)7-19(16,17)12-8-2-4-13(5-3-8)6-9(10)11/h8,12H,2-7H2,1H3,(H3,10,11). The van der Waals surface area contributed by atoms with Crippen LogP contribution in [0.5, 0.6) is 0 Å². The average Bonchev–Trinajstić information content (AvgIpc) is 2.15. The molecule has 0 aromatic heterocycles. The van der Waals surface area contributed by atoms with Crippen molar-refractivity contribution in [3.63, 3.8) is 0 Å². The molecule has 1 aliphatic heterocycles. The first kappa shape index (κ1) is 16.3. The van der Waals surface area contributed by atoms with Crippen molar-refractivity contribution in [2.75, 3.05) is 31.0 Å². The number of likely N-dealkylation sites (tertiary alicyclic amines) is 1. The van der Waals surface area contributed by atoms with E-state index in [0.717, 1.165) is 6.26 Å². The van der Waals surface area contributed by atoms with Gasteiger partial charge in [0.15, 0.2) is 14.9 Å². The summed E-state index contributed by atoms with van der Waals surface area (Å²) in [6.07, 6.45) is 2.05. The Morgan fingerprint density at radius 1 is 1.32 bits per heavy atom. The molecule has 4 N–H and O–H groups in total. The topological polar surface area (TPSA) is 133 Å². The van der Waals surface area contributed by atoms with E-state index < -0.39 is 24.9 Å². The van der Waals surface area contributed by atoms with Gasteiger partial charge in [0.25, 0.3) is 0 Å². The summed E-state index contributed by atoms with van der Waals surface area (Å²) in [5.74, 6) is 0.0797. The van der Waals surface area contributed by atoms with E-state index in [1.807, 2.05) is 4.90 Å². The van der Waals surface area contributed by atoms with Gasteiger partial charge >= 0.3 is 0 Å². The molecule has 0 spiro atoms. The monoisotopic (exact) mass is 312 g/mol. The smallest absolute Gasteiger partial charge is 0.226 e. The molecule has 10 heteroatoms. The Kier molecular flexibility index (Phi) is 5.30. The summed E-state index contributed by atoms with van der Waals surface area (Å²) >= 11 is 0. The highest BCUT2D eigenvalue weighted by atomic mass is 32.3. The molecule has 0 bridgehead atoms. The van der Waals surface area contributed by atoms with Crippen molar-refractivity contribution in [1.29, 1.82) is 5.41 Å². The first-order valence-corrected chi connectivity index (χ1v) is 9.52. The second-order valence-corrected chi connectivity index (χ2v) is 9.11. The van der Waals surface area contributed by atoms with Gasteiger partial charge in [-0.15, -0.1) is 0 Å². The van der Waals surface area contributed by atoms with Gasteiger partial charge in [0.05, 0.1) is 6.54 Å². The van der Waals surface area contributed by atoms with Crippen LogP contribution in [0.4, 0.5) is 0 Å². The Morgan fingerprint density at radius 3 is 2.26 bits per heavy atom. The number of nitrogens with two attached hydrogens (primary N) is 1. The number of nitrogens with one attached hydrogen (secondary N) is 2. The molecule has 0 unspecified atom stereocenters. The summed E-state index contributed by atoms with van der Waals surface area (Å²) in [6, 6.07) is -0.255. The molecule has 0 aromatic carbocycles. The Balaban J connectivity index is 2.47. The van der Waals surface area contributed by atoms with Crippen molar-refractivity contribution in [1.82, 2.24) is 9.62 Å². The van der Waals surface area contributed by atoms with Crippen molar-refractivity contribution in [2.45, 2.75) is 18.9 Å². The molecule has 0 amide bonds. The van der Waals surface area contributed by atoms with E-state index >= 15 is 0 Å². The Bertz CT molecular complexity index is 520. The second-order valence-electron chi connectivity index (χ2n) is 4.85. The number of sulfone groups is 1. The third-order valence-corrected chi connectivity index (χ3v) is 6.34. The summed E-state index contributed by atoms with van der Waals surface area (Å²) in [7, 11) is -7.37. The number of piperidine rings is 1. The molecule has 0 aliphatic carbocycles. The molecule has 0 aromatic rings. The highest BCUT2D eigenvalue weighted by Crippen LogP contribution is 2.11. The van der Waals surface area contributed by atoms with Crippen LogP contribution in [0.1, 0.15) is 12.8 Å². The van der Waals surface area contributed by atoms with E-state index in [4.69, 9.17) is 11.1 Å². The van der Waals surface area contributed by atoms with Gasteiger partial charge in [-0.3, -0.25) is 10.3 Å². The lowest BCUT2D eigenvalue weighted by molar-refractivity contribution is 0.231. The minimum Gasteiger partial charge on any atom is -0.387 e. The molecule has 1 saturated heterocycles. The van der Waals surface area contributed by atoms with Crippen LogP contribution >= 0.6 is 0 Å². The highest BCUT2D eigenvalue weighted by Gasteiger charge is 2.25. The molecule has 1 fully saturated rings. The van der Waals surface area contributed by atoms with Gasteiger partial charge in [0.2, 0.25) is 10.0 Å². The zero-order valence-electron chi connectivity index (χ0n) is 10.8. The Morgan fingerprint density at radius 2 is 1.84 bits per heavy atom. The number of rotatable bonds is 6. The quantitative estimate of drug-likeness (QED) is 0.396. The maximum Gasteiger partial charge on any atom is 0.226 e. The highest BCUT2D eigenvalue weighted by molar-refractivity contribution is 8.06. The third-order valence-electron chi connectivity index (χ3n) is 2.70. The van der Waals surface area contributed by atoms with Crippen molar-refractivity contribution in [3.05, 3.63) is 0 Å². The van der Waals surface area contributed by atoms with Gasteiger partial charge in [-0.2, -0.15) is 0 Å². The lowest BCUT2D eigenvalue weighted by Gasteiger charge is -2.31. The molecule has 1 aliphatic rings. The third kappa shape index (κ3) is 6.85. The lowest BCUT2D eigenvalue weighted by atomic mass is 10.1. The van der Waals surface area contributed by atoms with Crippen LogP contribution in [-0.4, -0.2) is 64.6 Å². The van der Waals surface area contributed by atoms with E-state index in [1.165, 1.54) is 0 Å². The van der Waals surface area contributed by atoms with Crippen molar-refractivity contribution in [2.24, 2.45) is 5.73 Å². The van der Waals surface area contributed by atoms with Crippen LogP contribution in [0.3, 0.4) is 0 Å². The number of nitrogens with zero attached hydrogens (tertiary/aromatic N) is 1. The van der Waals surface area contributed by atoms with Crippen LogP contribution < -0.4 is 10.5 Å². The number of hydrogen-bond acceptors (Lipinski definition) is 6. The van der Waals surface area contributed by atoms with Gasteiger partial charge in [-0.05, 0) is 12.8 Å². The van der Waals surface area contributed by atoms with Crippen molar-refractivity contribution >= 4 is 25.7 Å². The molecular weight excluding hydrogens is 292 g/mol. The normalized spacial score (nSPS) is 19.4. The fourth-order valence-corrected chi connectivity index (χ4v) is 5.29. The van der Waals surface area contributed by atoms with E-state index in [-0.39, 0.29) is 11.9 Å². The van der Waals surface area contributed by atoms with Gasteiger partial charge < -0.3 is 5.73 Å². The zero-order valence-corrected chi connectivity index (χ0v) is 12.4. The van der Waals surface area contributed by atoms with Gasteiger partial charge in [0.1, 0.15) is 5.84 Å². The van der Waals surface area contributed by atoms with Crippen LogP contribution in [0.2, 0.25) is 0 Å². The molecule has 8 nitrogen and oxygen atoms in total. The van der Waals surface area contributed by atoms with E-state index in [2.05, 4.69) is 4.72 Å². The first-order valence-electron chi connectivity index (χ1n) is 5.80. The van der Waals surface area contributed by atoms with Gasteiger partial charge in [0, 0.05) is 25.4 Å². The number of amidine groups is 1. The second kappa shape index (κ2) is 6.16. The number of sulfonamides is 1. The first-order chi connectivity index (χ1) is 8.57. The SMILES string of the molecule is CS(=O)(=O)CS(=O)(=O)NC1CCN(CC(=N)N)CC1. The van der Waals surface area contributed by atoms with E-state index in [1.54, 1.807) is 0 Å². The molecule has 19 heavy (non-hydrogen) atoms. The fraction of sp³-hybridized carbons (Fsp3) is 0.889. The predicted octanol–water partition coefficient (Wildman–Crippen LogP) is -1.69. The van der Waals surface area contributed by atoms with Crippen LogP contribution in [-0.2, 0) is 19.9 Å². The Labute approximate surface area is 113 Å². The Hall–Kier alpha value is -0.710. The van der Waals surface area contributed by atoms with Crippen LogP contribution in [0.25, 0.3) is 0 Å². The molecule has 112 valence electrons. The molecular formula is C9H20N4O4S2. The minimum atomic E-state index is -3.80. The summed E-state index contributed by atoms with van der Waals surface area (Å²) in [4.78, 5) is 1.96. The van der Waals surface area contributed by atoms with Crippen molar-refractivity contribution < 1.29 is 16.8 Å². The van der Waals surface area contributed by atoms with E-state index in [9.17, 15) is 16.8 Å². The van der Waals surface area contributed by atoms with Gasteiger partial charge in [-0.1, -0.05) is 0 Å². The largest absolute Gasteiger partial charge is 0.387 e. The molecule has 0 saturated carbocycles. The van der Waals surface area contributed by atoms with Crippen LogP contribution in [0.15, 0.2) is 0 Å². The molecule has 0 atom stereocenters. The molecule has 1 rings (SSSR count). The van der Waals surface area contributed by atoms with Gasteiger partial charge in [-0.25, -0.2) is 21.6 Å². The summed E-state index contributed by atoms with van der Waals surface area (Å²) in [5, 5.41) is 6.30. The fourth-order valence-electron chi connectivity index (χ4n) is 2.02. The summed E-state index contributed by atoms with van der Waals surface area (Å²) < 4.78 is 47.6. The predicted molar refractivity (Wildman–Crippen MR) is 73.1 cm³/mol. The number of hydrogen-bond donors (Lipinski definition) is 3. The maximum atomic E-state index is 11.6. The summed E-state index contributed by atoms with van der Waals surface area (Å²) in [6.45, 7) is 1.64. The van der Waals surface area contributed by atoms with Crippen molar-refractivity contribution in [3.8, 4) is 0 Å². The maximum absolute atomic E-state index is 11.6. The average molecular weight is 312 g/mol. The molecule has 0 radical (unpaired) electrons. The molecule has 1 heterocycles. The zero-order chi connectivity index (χ0) is 14.7. The lowest BCUT2D eigenvalue weighted by Crippen LogP contribution is -2.47. The summed E-state index contributed by atoms with van der Waals surface area (Å²) in [5.41, 5.74) is 5.29.